The van der Waals surface area contributed by atoms with Gasteiger partial charge in [0.15, 0.2) is 0 Å². The number of alkyl halides is 1. The summed E-state index contributed by atoms with van der Waals surface area (Å²) in [5.41, 5.74) is 3.92. The zero-order chi connectivity index (χ0) is 11.3. The Morgan fingerprint density at radius 1 is 1.33 bits per heavy atom. The van der Waals surface area contributed by atoms with E-state index in [0.29, 0.717) is 0 Å². The van der Waals surface area contributed by atoms with E-state index in [1.54, 1.807) is 0 Å². The molecule has 0 aliphatic rings. The fourth-order valence-electron chi connectivity index (χ4n) is 1.44. The lowest BCUT2D eigenvalue weighted by Gasteiger charge is -2.10. The quantitative estimate of drug-likeness (QED) is 0.496. The van der Waals surface area contributed by atoms with E-state index >= 15 is 0 Å². The predicted octanol–water partition coefficient (Wildman–Crippen LogP) is 5.02. The van der Waals surface area contributed by atoms with Crippen molar-refractivity contribution >= 4 is 11.6 Å². The summed E-state index contributed by atoms with van der Waals surface area (Å²) >= 11 is 6.33. The summed E-state index contributed by atoms with van der Waals surface area (Å²) in [7, 11) is 0. The number of aryl methyl sites for hydroxylation is 1. The topological polar surface area (TPSA) is 0 Å². The van der Waals surface area contributed by atoms with Crippen LogP contribution in [-0.2, 0) is 0 Å². The Bertz CT molecular complexity index is 322. The van der Waals surface area contributed by atoms with Crippen LogP contribution in [0.5, 0.6) is 0 Å². The van der Waals surface area contributed by atoms with Gasteiger partial charge in [0.25, 0.3) is 0 Å². The second kappa shape index (κ2) is 5.97. The van der Waals surface area contributed by atoms with Gasteiger partial charge < -0.3 is 0 Å². The molecule has 82 valence electrons. The molecule has 0 bridgehead atoms. The van der Waals surface area contributed by atoms with Crippen molar-refractivity contribution in [2.45, 2.75) is 39.0 Å². The summed E-state index contributed by atoms with van der Waals surface area (Å²) in [6.07, 6.45) is 4.25. The van der Waals surface area contributed by atoms with E-state index in [9.17, 15) is 0 Å². The Morgan fingerprint density at radius 2 is 1.93 bits per heavy atom. The van der Waals surface area contributed by atoms with Crippen LogP contribution in [0.15, 0.2) is 35.9 Å². The molecule has 0 fully saturated rings. The van der Waals surface area contributed by atoms with E-state index in [-0.39, 0.29) is 5.38 Å². The summed E-state index contributed by atoms with van der Waals surface area (Å²) in [4.78, 5) is 0. The van der Waals surface area contributed by atoms with Crippen LogP contribution in [-0.4, -0.2) is 0 Å². The molecule has 1 unspecified atom stereocenters. The average molecular weight is 223 g/mol. The molecule has 1 rings (SSSR count). The molecule has 1 aromatic carbocycles. The first-order valence-electron chi connectivity index (χ1n) is 5.46. The fourth-order valence-corrected chi connectivity index (χ4v) is 1.70. The van der Waals surface area contributed by atoms with Crippen LogP contribution >= 0.6 is 11.6 Å². The molecule has 15 heavy (non-hydrogen) atoms. The van der Waals surface area contributed by atoms with Crippen molar-refractivity contribution in [3.05, 3.63) is 47.0 Å². The van der Waals surface area contributed by atoms with Crippen LogP contribution in [0.4, 0.5) is 0 Å². The summed E-state index contributed by atoms with van der Waals surface area (Å²) in [5, 5.41) is 0.139. The highest BCUT2D eigenvalue weighted by Crippen LogP contribution is 2.27. The second-order valence-corrected chi connectivity index (χ2v) is 4.58. The summed E-state index contributed by atoms with van der Waals surface area (Å²) in [6, 6.07) is 8.48. The molecule has 0 aliphatic carbocycles. The van der Waals surface area contributed by atoms with Crippen molar-refractivity contribution in [3.63, 3.8) is 0 Å². The Morgan fingerprint density at radius 3 is 2.47 bits per heavy atom. The first kappa shape index (κ1) is 12.3. The summed E-state index contributed by atoms with van der Waals surface area (Å²) in [5.74, 6) is 0. The molecule has 1 heteroatoms. The van der Waals surface area contributed by atoms with Gasteiger partial charge in [-0.15, -0.1) is 11.6 Å². The minimum Gasteiger partial charge on any atom is -0.118 e. The van der Waals surface area contributed by atoms with Gasteiger partial charge in [-0.25, -0.2) is 0 Å². The van der Waals surface area contributed by atoms with Gasteiger partial charge in [-0.2, -0.15) is 0 Å². The third-order valence-corrected chi connectivity index (χ3v) is 3.19. The summed E-state index contributed by atoms with van der Waals surface area (Å²) < 4.78 is 0. The van der Waals surface area contributed by atoms with Crippen molar-refractivity contribution in [3.8, 4) is 0 Å². The molecular formula is C14H19Cl. The number of benzene rings is 1. The molecule has 0 aliphatic heterocycles. The number of halogens is 1. The van der Waals surface area contributed by atoms with E-state index < -0.39 is 0 Å². The highest BCUT2D eigenvalue weighted by atomic mass is 35.5. The zero-order valence-electron chi connectivity index (χ0n) is 9.76. The molecule has 0 saturated heterocycles. The summed E-state index contributed by atoms with van der Waals surface area (Å²) in [6.45, 7) is 6.32. The first-order chi connectivity index (χ1) is 7.13. The van der Waals surface area contributed by atoms with E-state index in [4.69, 9.17) is 11.6 Å². The molecule has 1 atom stereocenters. The first-order valence-corrected chi connectivity index (χ1v) is 5.89. The van der Waals surface area contributed by atoms with Crippen LogP contribution in [0.1, 0.15) is 43.2 Å². The van der Waals surface area contributed by atoms with Gasteiger partial charge in [-0.05, 0) is 39.2 Å². The molecule has 0 heterocycles. The Labute approximate surface area is 98.0 Å². The number of rotatable bonds is 4. The Hall–Kier alpha value is -0.750. The lowest BCUT2D eigenvalue weighted by molar-refractivity contribution is 0.784. The molecule has 0 spiro atoms. The minimum absolute atomic E-state index is 0.139. The van der Waals surface area contributed by atoms with Gasteiger partial charge in [-0.3, -0.25) is 0 Å². The van der Waals surface area contributed by atoms with Crippen molar-refractivity contribution in [2.24, 2.45) is 0 Å². The third-order valence-electron chi connectivity index (χ3n) is 2.72. The van der Waals surface area contributed by atoms with E-state index in [2.05, 4.69) is 51.1 Å². The number of allylic oxidation sites excluding steroid dienone is 2. The molecule has 1 aromatic rings. The van der Waals surface area contributed by atoms with Crippen molar-refractivity contribution in [1.82, 2.24) is 0 Å². The van der Waals surface area contributed by atoms with Crippen molar-refractivity contribution < 1.29 is 0 Å². The predicted molar refractivity (Wildman–Crippen MR) is 68.4 cm³/mol. The fraction of sp³-hybridized carbons (Fsp3) is 0.429. The molecular weight excluding hydrogens is 204 g/mol. The van der Waals surface area contributed by atoms with Gasteiger partial charge in [0.1, 0.15) is 0 Å². The maximum Gasteiger partial charge on any atom is 0.0588 e. The monoisotopic (exact) mass is 222 g/mol. The normalized spacial score (nSPS) is 14.0. The van der Waals surface area contributed by atoms with Crippen molar-refractivity contribution in [1.29, 1.82) is 0 Å². The van der Waals surface area contributed by atoms with Gasteiger partial charge in [0.05, 0.1) is 5.38 Å². The number of hydrogen-bond acceptors (Lipinski definition) is 0. The second-order valence-electron chi connectivity index (χ2n) is 4.05. The maximum atomic E-state index is 6.33. The lowest BCUT2D eigenvalue weighted by atomic mass is 10.0. The standard InChI is InChI=1S/C14H19Cl/c1-4-11(2)7-10-14(15)13-8-5-12(3)6-9-13/h4-6,8-9,14H,7,10H2,1-3H3. The van der Waals surface area contributed by atoms with E-state index in [1.165, 1.54) is 16.7 Å². The smallest absolute Gasteiger partial charge is 0.0588 e. The molecule has 0 amide bonds. The molecule has 0 N–H and O–H groups in total. The van der Waals surface area contributed by atoms with E-state index in [1.807, 2.05) is 0 Å². The largest absolute Gasteiger partial charge is 0.118 e. The average Bonchev–Trinajstić information content (AvgIpc) is 2.26. The lowest BCUT2D eigenvalue weighted by Crippen LogP contribution is -1.91. The highest BCUT2D eigenvalue weighted by Gasteiger charge is 2.07. The molecule has 0 radical (unpaired) electrons. The van der Waals surface area contributed by atoms with Crippen LogP contribution < -0.4 is 0 Å². The zero-order valence-corrected chi connectivity index (χ0v) is 10.5. The van der Waals surface area contributed by atoms with E-state index in [0.717, 1.165) is 12.8 Å². The third kappa shape index (κ3) is 4.09. The Balaban J connectivity index is 2.53. The molecule has 0 saturated carbocycles. The minimum atomic E-state index is 0.139. The van der Waals surface area contributed by atoms with Gasteiger partial charge in [0.2, 0.25) is 0 Å². The van der Waals surface area contributed by atoms with Gasteiger partial charge in [-0.1, -0.05) is 41.5 Å². The SMILES string of the molecule is CC=C(C)CCC(Cl)c1ccc(C)cc1. The van der Waals surface area contributed by atoms with Crippen LogP contribution in [0.2, 0.25) is 0 Å². The van der Waals surface area contributed by atoms with Crippen LogP contribution in [0.25, 0.3) is 0 Å². The van der Waals surface area contributed by atoms with Gasteiger partial charge >= 0.3 is 0 Å². The maximum absolute atomic E-state index is 6.33. The highest BCUT2D eigenvalue weighted by molar-refractivity contribution is 6.20. The Kier molecular flexibility index (Phi) is 4.90. The number of hydrogen-bond donors (Lipinski definition) is 0. The van der Waals surface area contributed by atoms with Crippen molar-refractivity contribution in [2.75, 3.05) is 0 Å². The van der Waals surface area contributed by atoms with Gasteiger partial charge in [0, 0.05) is 0 Å². The molecule has 0 aromatic heterocycles. The molecule has 0 nitrogen and oxygen atoms in total. The van der Waals surface area contributed by atoms with Crippen LogP contribution in [0.3, 0.4) is 0 Å². The van der Waals surface area contributed by atoms with Crippen LogP contribution in [0, 0.1) is 6.92 Å².